The van der Waals surface area contributed by atoms with Gasteiger partial charge in [0.15, 0.2) is 0 Å². The maximum Gasteiger partial charge on any atom is 0.433 e. The molecule has 0 spiro atoms. The lowest BCUT2D eigenvalue weighted by atomic mass is 9.99. The van der Waals surface area contributed by atoms with E-state index in [0.29, 0.717) is 18.4 Å². The molecule has 0 saturated carbocycles. The Morgan fingerprint density at radius 2 is 1.96 bits per heavy atom. The summed E-state index contributed by atoms with van der Waals surface area (Å²) in [5, 5.41) is 0. The normalized spacial score (nSPS) is 14.3. The van der Waals surface area contributed by atoms with E-state index in [-0.39, 0.29) is 29.2 Å². The number of alkyl halides is 5. The molecule has 2 heterocycles. The smallest absolute Gasteiger partial charge is 0.433 e. The minimum absolute atomic E-state index is 0.0253. The Balaban J connectivity index is 2.01. The second-order valence-electron chi connectivity index (χ2n) is 6.03. The quantitative estimate of drug-likeness (QED) is 0.724. The van der Waals surface area contributed by atoms with Gasteiger partial charge in [-0.25, -0.2) is 4.98 Å². The standard InChI is InChI=1S/C18H15F5N2O2/c1-10-12(7-8-14(24-10)18(21,22)23)16(26)25-9-3-5-11-4-2-6-13(15(11)25)27-17(19)20/h2,4,6-8,17H,3,5,9H2,1H3. The van der Waals surface area contributed by atoms with Crippen LogP contribution in [0.5, 0.6) is 5.75 Å². The highest BCUT2D eigenvalue weighted by molar-refractivity contribution is 6.08. The molecular weight excluding hydrogens is 371 g/mol. The molecule has 1 aromatic heterocycles. The molecule has 2 aromatic rings. The second-order valence-corrected chi connectivity index (χ2v) is 6.03. The van der Waals surface area contributed by atoms with Crippen LogP contribution in [0.2, 0.25) is 0 Å². The number of halogens is 5. The van der Waals surface area contributed by atoms with Gasteiger partial charge in [0.25, 0.3) is 5.91 Å². The van der Waals surface area contributed by atoms with Crippen LogP contribution in [0.4, 0.5) is 27.6 Å². The maximum absolute atomic E-state index is 12.9. The van der Waals surface area contributed by atoms with E-state index in [1.165, 1.54) is 17.9 Å². The van der Waals surface area contributed by atoms with Gasteiger partial charge < -0.3 is 9.64 Å². The van der Waals surface area contributed by atoms with E-state index in [1.807, 2.05) is 0 Å². The molecule has 1 aliphatic heterocycles. The molecule has 0 aliphatic carbocycles. The molecule has 0 radical (unpaired) electrons. The first kappa shape index (κ1) is 19.1. The number of anilines is 1. The summed E-state index contributed by atoms with van der Waals surface area (Å²) >= 11 is 0. The van der Waals surface area contributed by atoms with Gasteiger partial charge in [0.1, 0.15) is 11.4 Å². The molecule has 1 aliphatic rings. The Morgan fingerprint density at radius 3 is 2.59 bits per heavy atom. The molecule has 0 N–H and O–H groups in total. The van der Waals surface area contributed by atoms with Gasteiger partial charge in [-0.1, -0.05) is 12.1 Å². The minimum Gasteiger partial charge on any atom is -0.433 e. The third-order valence-corrected chi connectivity index (χ3v) is 4.25. The van der Waals surface area contributed by atoms with Crippen molar-refractivity contribution in [3.05, 3.63) is 52.8 Å². The zero-order valence-electron chi connectivity index (χ0n) is 14.2. The topological polar surface area (TPSA) is 42.4 Å². The lowest BCUT2D eigenvalue weighted by Crippen LogP contribution is -2.36. The van der Waals surface area contributed by atoms with Gasteiger partial charge in [0.2, 0.25) is 0 Å². The van der Waals surface area contributed by atoms with Gasteiger partial charge >= 0.3 is 12.8 Å². The van der Waals surface area contributed by atoms with Crippen molar-refractivity contribution in [2.24, 2.45) is 0 Å². The molecule has 144 valence electrons. The van der Waals surface area contributed by atoms with Crippen LogP contribution < -0.4 is 9.64 Å². The summed E-state index contributed by atoms with van der Waals surface area (Å²) in [4.78, 5) is 17.7. The molecule has 1 amide bonds. The molecule has 1 aromatic carbocycles. The third kappa shape index (κ3) is 3.86. The van der Waals surface area contributed by atoms with Crippen LogP contribution in [0.3, 0.4) is 0 Å². The number of rotatable bonds is 3. The summed E-state index contributed by atoms with van der Waals surface area (Å²) in [5.74, 6) is -0.756. The molecule has 0 unspecified atom stereocenters. The van der Waals surface area contributed by atoms with Crippen molar-refractivity contribution in [1.29, 1.82) is 0 Å². The van der Waals surface area contributed by atoms with Gasteiger partial charge in [-0.05, 0) is 43.5 Å². The van der Waals surface area contributed by atoms with E-state index >= 15 is 0 Å². The van der Waals surface area contributed by atoms with Crippen molar-refractivity contribution in [3.8, 4) is 5.75 Å². The lowest BCUT2D eigenvalue weighted by molar-refractivity contribution is -0.141. The number of para-hydroxylation sites is 1. The fourth-order valence-corrected chi connectivity index (χ4v) is 3.10. The zero-order valence-corrected chi connectivity index (χ0v) is 14.2. The Labute approximate surface area is 151 Å². The number of carbonyl (C=O) groups is 1. The summed E-state index contributed by atoms with van der Waals surface area (Å²) in [5.41, 5.74) is -0.340. The number of hydrogen-bond donors (Lipinski definition) is 0. The van der Waals surface area contributed by atoms with Crippen LogP contribution in [0.1, 0.15) is 33.7 Å². The fraction of sp³-hybridized carbons (Fsp3) is 0.333. The first-order chi connectivity index (χ1) is 12.7. The van der Waals surface area contributed by atoms with E-state index in [9.17, 15) is 26.7 Å². The third-order valence-electron chi connectivity index (χ3n) is 4.25. The first-order valence-electron chi connectivity index (χ1n) is 8.12. The lowest BCUT2D eigenvalue weighted by Gasteiger charge is -2.31. The number of aryl methyl sites for hydroxylation is 2. The monoisotopic (exact) mass is 386 g/mol. The van der Waals surface area contributed by atoms with Crippen molar-refractivity contribution in [2.75, 3.05) is 11.4 Å². The van der Waals surface area contributed by atoms with E-state index < -0.39 is 24.4 Å². The number of nitrogens with zero attached hydrogens (tertiary/aromatic N) is 2. The number of aromatic nitrogens is 1. The number of ether oxygens (including phenoxy) is 1. The van der Waals surface area contributed by atoms with Crippen molar-refractivity contribution in [1.82, 2.24) is 4.98 Å². The first-order valence-corrected chi connectivity index (χ1v) is 8.12. The molecule has 27 heavy (non-hydrogen) atoms. The molecule has 9 heteroatoms. The number of pyridine rings is 1. The molecule has 0 bridgehead atoms. The fourth-order valence-electron chi connectivity index (χ4n) is 3.10. The van der Waals surface area contributed by atoms with Gasteiger partial charge in [0, 0.05) is 6.54 Å². The summed E-state index contributed by atoms with van der Waals surface area (Å²) in [6.07, 6.45) is -3.46. The highest BCUT2D eigenvalue weighted by atomic mass is 19.4. The Kier molecular flexibility index (Phi) is 5.03. The van der Waals surface area contributed by atoms with Crippen LogP contribution in [0.15, 0.2) is 30.3 Å². The van der Waals surface area contributed by atoms with Crippen LogP contribution in [-0.4, -0.2) is 24.0 Å². The van der Waals surface area contributed by atoms with E-state index in [4.69, 9.17) is 0 Å². The van der Waals surface area contributed by atoms with Crippen molar-refractivity contribution in [2.45, 2.75) is 32.6 Å². The van der Waals surface area contributed by atoms with Crippen LogP contribution >= 0.6 is 0 Å². The average molecular weight is 386 g/mol. The van der Waals surface area contributed by atoms with Gasteiger partial charge in [-0.2, -0.15) is 22.0 Å². The summed E-state index contributed by atoms with van der Waals surface area (Å²) in [7, 11) is 0. The summed E-state index contributed by atoms with van der Waals surface area (Å²) < 4.78 is 68.3. The number of hydrogen-bond acceptors (Lipinski definition) is 3. The zero-order chi connectivity index (χ0) is 19.8. The van der Waals surface area contributed by atoms with Gasteiger partial charge in [-0.15, -0.1) is 0 Å². The van der Waals surface area contributed by atoms with E-state index in [2.05, 4.69) is 9.72 Å². The predicted molar refractivity (Wildman–Crippen MR) is 87.0 cm³/mol. The Bertz CT molecular complexity index is 867. The SMILES string of the molecule is Cc1nc(C(F)(F)F)ccc1C(=O)N1CCCc2cccc(OC(F)F)c21. The van der Waals surface area contributed by atoms with Gasteiger partial charge in [0.05, 0.1) is 16.9 Å². The summed E-state index contributed by atoms with van der Waals surface area (Å²) in [6.45, 7) is -1.53. The van der Waals surface area contributed by atoms with Crippen molar-refractivity contribution < 1.29 is 31.5 Å². The largest absolute Gasteiger partial charge is 0.433 e. The van der Waals surface area contributed by atoms with E-state index in [0.717, 1.165) is 12.1 Å². The highest BCUT2D eigenvalue weighted by Crippen LogP contribution is 2.38. The van der Waals surface area contributed by atoms with Gasteiger partial charge in [-0.3, -0.25) is 4.79 Å². The highest BCUT2D eigenvalue weighted by Gasteiger charge is 2.34. The summed E-state index contributed by atoms with van der Waals surface area (Å²) in [6, 6.07) is 6.36. The number of carbonyl (C=O) groups excluding carboxylic acids is 1. The average Bonchev–Trinajstić information content (AvgIpc) is 2.59. The Morgan fingerprint density at radius 1 is 1.22 bits per heavy atom. The van der Waals surface area contributed by atoms with Crippen LogP contribution in [-0.2, 0) is 12.6 Å². The second kappa shape index (κ2) is 7.13. The molecule has 3 rings (SSSR count). The molecule has 0 atom stereocenters. The number of fused-ring (bicyclic) bond motifs is 1. The van der Waals surface area contributed by atoms with Crippen molar-refractivity contribution in [3.63, 3.8) is 0 Å². The molecule has 4 nitrogen and oxygen atoms in total. The molecular formula is C18H15F5N2O2. The number of amides is 1. The Hall–Kier alpha value is -2.71. The minimum atomic E-state index is -4.62. The molecule has 0 fully saturated rings. The predicted octanol–water partition coefficient (Wildman–Crippen LogP) is 4.60. The van der Waals surface area contributed by atoms with E-state index in [1.54, 1.807) is 12.1 Å². The van der Waals surface area contributed by atoms with Crippen molar-refractivity contribution >= 4 is 11.6 Å². The van der Waals surface area contributed by atoms with Crippen LogP contribution in [0.25, 0.3) is 0 Å². The molecule has 0 saturated heterocycles. The maximum atomic E-state index is 12.9. The number of benzene rings is 1. The van der Waals surface area contributed by atoms with Crippen LogP contribution in [0, 0.1) is 6.92 Å².